The van der Waals surface area contributed by atoms with E-state index in [4.69, 9.17) is 0 Å². The molecule has 0 aromatic heterocycles. The van der Waals surface area contributed by atoms with Crippen LogP contribution in [-0.2, 0) is 20.6 Å². The lowest BCUT2D eigenvalue weighted by Crippen LogP contribution is -2.35. The van der Waals surface area contributed by atoms with Crippen LogP contribution in [0.3, 0.4) is 0 Å². The number of nitro benzene ring substituents is 1. The van der Waals surface area contributed by atoms with Crippen molar-refractivity contribution in [3.8, 4) is 0 Å². The largest absolute Gasteiger partial charge is 0.355 e. The molecular weight excluding hydrogens is 298 g/mol. The number of sulfonamides is 1. The first-order valence-electron chi connectivity index (χ1n) is 6.37. The van der Waals surface area contributed by atoms with E-state index in [1.54, 1.807) is 6.07 Å². The van der Waals surface area contributed by atoms with E-state index in [2.05, 4.69) is 5.32 Å². The third-order valence-electron chi connectivity index (χ3n) is 3.19. The van der Waals surface area contributed by atoms with Crippen molar-refractivity contribution in [2.45, 2.75) is 12.2 Å². The average Bonchev–Trinajstić information content (AvgIpc) is 2.64. The molecule has 0 spiro atoms. The molecule has 1 aromatic rings. The molecule has 0 atom stereocenters. The summed E-state index contributed by atoms with van der Waals surface area (Å²) < 4.78 is 25.9. The normalized spacial score (nSPS) is 17.0. The molecule has 21 heavy (non-hydrogen) atoms. The molecule has 1 heterocycles. The van der Waals surface area contributed by atoms with Crippen LogP contribution in [0.15, 0.2) is 24.3 Å². The van der Waals surface area contributed by atoms with Crippen molar-refractivity contribution in [2.75, 3.05) is 19.6 Å². The number of nitro groups is 1. The zero-order valence-corrected chi connectivity index (χ0v) is 12.0. The fourth-order valence-corrected chi connectivity index (χ4v) is 3.68. The predicted octanol–water partition coefficient (Wildman–Crippen LogP) is 0.247. The van der Waals surface area contributed by atoms with Crippen LogP contribution in [0, 0.1) is 10.1 Å². The van der Waals surface area contributed by atoms with Gasteiger partial charge in [0.2, 0.25) is 15.9 Å². The van der Waals surface area contributed by atoms with Crippen molar-refractivity contribution in [1.29, 1.82) is 0 Å². The van der Waals surface area contributed by atoms with Gasteiger partial charge in [0.1, 0.15) is 0 Å². The second-order valence-electron chi connectivity index (χ2n) is 4.64. The molecule has 9 heteroatoms. The zero-order valence-electron chi connectivity index (χ0n) is 11.2. The summed E-state index contributed by atoms with van der Waals surface area (Å²) in [7, 11) is -3.70. The molecule has 0 aliphatic carbocycles. The molecular formula is C12H15N3O5S. The maximum absolute atomic E-state index is 12.4. The van der Waals surface area contributed by atoms with E-state index in [-0.39, 0.29) is 43.2 Å². The molecule has 0 bridgehead atoms. The highest BCUT2D eigenvalue weighted by Gasteiger charge is 2.27. The van der Waals surface area contributed by atoms with Gasteiger partial charge in [-0.1, -0.05) is 18.2 Å². The van der Waals surface area contributed by atoms with Crippen LogP contribution >= 0.6 is 0 Å². The highest BCUT2D eigenvalue weighted by atomic mass is 32.2. The zero-order chi connectivity index (χ0) is 15.5. The minimum atomic E-state index is -3.70. The maximum atomic E-state index is 12.4. The summed E-state index contributed by atoms with van der Waals surface area (Å²) in [6.07, 6.45) is 0.0934. The molecule has 0 radical (unpaired) electrons. The summed E-state index contributed by atoms with van der Waals surface area (Å²) in [5, 5.41) is 13.5. The number of nitrogens with one attached hydrogen (secondary N) is 1. The van der Waals surface area contributed by atoms with Crippen molar-refractivity contribution in [2.24, 2.45) is 0 Å². The summed E-state index contributed by atoms with van der Waals surface area (Å²) in [6, 6.07) is 5.75. The van der Waals surface area contributed by atoms with E-state index in [0.717, 1.165) is 0 Å². The van der Waals surface area contributed by atoms with Gasteiger partial charge in [-0.2, -0.15) is 4.31 Å². The Morgan fingerprint density at radius 1 is 1.29 bits per heavy atom. The Kier molecular flexibility index (Phi) is 4.53. The molecule has 1 aromatic carbocycles. The van der Waals surface area contributed by atoms with Crippen molar-refractivity contribution < 1.29 is 18.1 Å². The Hall–Kier alpha value is -2.00. The maximum Gasteiger partial charge on any atom is 0.273 e. The van der Waals surface area contributed by atoms with Crippen molar-refractivity contribution in [1.82, 2.24) is 9.62 Å². The highest BCUT2D eigenvalue weighted by Crippen LogP contribution is 2.21. The summed E-state index contributed by atoms with van der Waals surface area (Å²) >= 11 is 0. The number of nitrogens with zero attached hydrogens (tertiary/aromatic N) is 2. The minimum absolute atomic E-state index is 0.0921. The summed E-state index contributed by atoms with van der Waals surface area (Å²) in [5.74, 6) is -0.642. The Labute approximate surface area is 122 Å². The van der Waals surface area contributed by atoms with E-state index in [1.807, 2.05) is 0 Å². The lowest BCUT2D eigenvalue weighted by Gasteiger charge is -2.19. The van der Waals surface area contributed by atoms with E-state index >= 15 is 0 Å². The van der Waals surface area contributed by atoms with Gasteiger partial charge in [0.05, 0.1) is 10.7 Å². The van der Waals surface area contributed by atoms with Crippen LogP contribution in [0.5, 0.6) is 0 Å². The van der Waals surface area contributed by atoms with E-state index in [1.165, 1.54) is 22.5 Å². The molecule has 1 N–H and O–H groups in total. The van der Waals surface area contributed by atoms with Gasteiger partial charge < -0.3 is 5.32 Å². The van der Waals surface area contributed by atoms with Gasteiger partial charge in [0.15, 0.2) is 0 Å². The molecule has 1 aliphatic rings. The van der Waals surface area contributed by atoms with Gasteiger partial charge in [0, 0.05) is 37.7 Å². The molecule has 1 fully saturated rings. The molecule has 0 saturated carbocycles. The molecule has 1 amide bonds. The number of carbonyl (C=O) groups is 1. The van der Waals surface area contributed by atoms with Crippen molar-refractivity contribution >= 4 is 21.6 Å². The fraction of sp³-hybridized carbons (Fsp3) is 0.417. The Morgan fingerprint density at radius 2 is 2.00 bits per heavy atom. The first-order chi connectivity index (χ1) is 9.90. The summed E-state index contributed by atoms with van der Waals surface area (Å²) in [4.78, 5) is 21.6. The third kappa shape index (κ3) is 3.76. The van der Waals surface area contributed by atoms with Crippen LogP contribution in [0.2, 0.25) is 0 Å². The monoisotopic (exact) mass is 313 g/mol. The van der Waals surface area contributed by atoms with Gasteiger partial charge in [-0.15, -0.1) is 0 Å². The fourth-order valence-electron chi connectivity index (χ4n) is 2.12. The second kappa shape index (κ2) is 6.19. The van der Waals surface area contributed by atoms with Crippen LogP contribution < -0.4 is 5.32 Å². The quantitative estimate of drug-likeness (QED) is 0.633. The van der Waals surface area contributed by atoms with E-state index in [0.29, 0.717) is 0 Å². The van der Waals surface area contributed by atoms with Crippen LogP contribution in [-0.4, -0.2) is 43.2 Å². The minimum Gasteiger partial charge on any atom is -0.355 e. The van der Waals surface area contributed by atoms with Gasteiger partial charge in [-0.05, 0) is 0 Å². The summed E-state index contributed by atoms with van der Waals surface area (Å²) in [5.41, 5.74) is -0.0730. The number of benzene rings is 1. The smallest absolute Gasteiger partial charge is 0.273 e. The SMILES string of the molecule is O=C1CCN(S(=O)(=O)Cc2ccccc2[N+](=O)[O-])CCN1. The predicted molar refractivity (Wildman–Crippen MR) is 74.9 cm³/mol. The first kappa shape index (κ1) is 15.4. The second-order valence-corrected chi connectivity index (χ2v) is 6.61. The van der Waals surface area contributed by atoms with Gasteiger partial charge in [-0.25, -0.2) is 8.42 Å². The third-order valence-corrected chi connectivity index (χ3v) is 5.02. The number of rotatable bonds is 4. The Balaban J connectivity index is 2.21. The van der Waals surface area contributed by atoms with Crippen molar-refractivity contribution in [3.63, 3.8) is 0 Å². The van der Waals surface area contributed by atoms with Crippen LogP contribution in [0.25, 0.3) is 0 Å². The number of para-hydroxylation sites is 1. The number of amides is 1. The molecule has 0 unspecified atom stereocenters. The Morgan fingerprint density at radius 3 is 2.71 bits per heavy atom. The Bertz CT molecular complexity index is 659. The molecule has 1 aliphatic heterocycles. The highest BCUT2D eigenvalue weighted by molar-refractivity contribution is 7.88. The molecule has 114 valence electrons. The lowest BCUT2D eigenvalue weighted by molar-refractivity contribution is -0.385. The van der Waals surface area contributed by atoms with Gasteiger partial charge in [-0.3, -0.25) is 14.9 Å². The van der Waals surface area contributed by atoms with Crippen LogP contribution in [0.1, 0.15) is 12.0 Å². The van der Waals surface area contributed by atoms with E-state index < -0.39 is 20.7 Å². The topological polar surface area (TPSA) is 110 Å². The average molecular weight is 313 g/mol. The molecule has 2 rings (SSSR count). The number of hydrogen-bond donors (Lipinski definition) is 1. The van der Waals surface area contributed by atoms with E-state index in [9.17, 15) is 23.3 Å². The van der Waals surface area contributed by atoms with Gasteiger partial charge in [0.25, 0.3) is 5.69 Å². The van der Waals surface area contributed by atoms with Gasteiger partial charge >= 0.3 is 0 Å². The van der Waals surface area contributed by atoms with Crippen LogP contribution in [0.4, 0.5) is 5.69 Å². The molecule has 1 saturated heterocycles. The van der Waals surface area contributed by atoms with Crippen molar-refractivity contribution in [3.05, 3.63) is 39.9 Å². The summed E-state index contributed by atoms with van der Waals surface area (Å²) in [6.45, 7) is 0.512. The number of carbonyl (C=O) groups excluding carboxylic acids is 1. The number of hydrogen-bond acceptors (Lipinski definition) is 5. The standard InChI is InChI=1S/C12H15N3O5S/c16-12-5-7-14(8-6-13-12)21(19,20)9-10-3-1-2-4-11(10)15(17)18/h1-4H,5-9H2,(H,13,16). The first-order valence-corrected chi connectivity index (χ1v) is 7.98. The lowest BCUT2D eigenvalue weighted by atomic mass is 10.2. The molecule has 8 nitrogen and oxygen atoms in total.